The van der Waals surface area contributed by atoms with E-state index >= 15 is 0 Å². The van der Waals surface area contributed by atoms with E-state index in [9.17, 15) is 0 Å². The van der Waals surface area contributed by atoms with E-state index in [0.29, 0.717) is 12.6 Å². The van der Waals surface area contributed by atoms with Gasteiger partial charge in [0.25, 0.3) is 0 Å². The van der Waals surface area contributed by atoms with Crippen molar-refractivity contribution in [2.75, 3.05) is 40.3 Å². The molecule has 0 bridgehead atoms. The maximum atomic E-state index is 5.14. The van der Waals surface area contributed by atoms with Crippen molar-refractivity contribution >= 4 is 5.96 Å². The second-order valence-electron chi connectivity index (χ2n) is 7.68. The quantitative estimate of drug-likeness (QED) is 0.546. The number of hydrogen-bond donors (Lipinski definition) is 2. The van der Waals surface area contributed by atoms with Crippen molar-refractivity contribution in [3.8, 4) is 0 Å². The molecule has 1 aromatic rings. The number of aromatic nitrogens is 3. The number of piperidine rings is 1. The molecule has 1 aromatic heterocycles. The lowest BCUT2D eigenvalue weighted by atomic mass is 9.97. The van der Waals surface area contributed by atoms with Crippen molar-refractivity contribution in [3.63, 3.8) is 0 Å². The van der Waals surface area contributed by atoms with Crippen LogP contribution in [-0.4, -0.2) is 72.0 Å². The van der Waals surface area contributed by atoms with Gasteiger partial charge < -0.3 is 20.3 Å². The summed E-state index contributed by atoms with van der Waals surface area (Å²) in [5.74, 6) is 3.46. The molecular weight excluding hydrogens is 342 g/mol. The Balaban J connectivity index is 1.43. The van der Waals surface area contributed by atoms with E-state index in [2.05, 4.69) is 37.5 Å². The number of ether oxygens (including phenoxy) is 1. The molecule has 0 radical (unpaired) electrons. The molecule has 1 unspecified atom stereocenters. The molecule has 8 heteroatoms. The molecule has 0 spiro atoms. The number of nitrogens with zero attached hydrogens (tertiary/aromatic N) is 5. The number of hydrogen-bond acceptors (Lipinski definition) is 5. The highest BCUT2D eigenvalue weighted by molar-refractivity contribution is 5.79. The Labute approximate surface area is 162 Å². The van der Waals surface area contributed by atoms with Gasteiger partial charge in [0.05, 0.1) is 6.54 Å². The Morgan fingerprint density at radius 2 is 2.11 bits per heavy atom. The molecule has 2 aliphatic heterocycles. The smallest absolute Gasteiger partial charge is 0.191 e. The summed E-state index contributed by atoms with van der Waals surface area (Å²) in [4.78, 5) is 11.5. The van der Waals surface area contributed by atoms with Gasteiger partial charge in [0.1, 0.15) is 12.4 Å². The fraction of sp³-hybridized carbons (Fsp3) is 0.842. The van der Waals surface area contributed by atoms with Crippen molar-refractivity contribution < 1.29 is 4.74 Å². The number of rotatable bonds is 7. The number of nitrogens with one attached hydrogen (secondary N) is 2. The maximum Gasteiger partial charge on any atom is 0.191 e. The average Bonchev–Trinajstić information content (AvgIpc) is 3.08. The lowest BCUT2D eigenvalue weighted by Crippen LogP contribution is -2.48. The van der Waals surface area contributed by atoms with Crippen molar-refractivity contribution in [3.05, 3.63) is 11.6 Å². The number of fused-ring (bicyclic) bond motifs is 1. The Hall–Kier alpha value is -1.67. The van der Waals surface area contributed by atoms with Crippen molar-refractivity contribution in [2.24, 2.45) is 10.9 Å². The van der Waals surface area contributed by atoms with Crippen LogP contribution in [0.25, 0.3) is 0 Å². The topological polar surface area (TPSA) is 79.6 Å². The zero-order valence-electron chi connectivity index (χ0n) is 17.1. The summed E-state index contributed by atoms with van der Waals surface area (Å²) in [5.41, 5.74) is 0. The lowest BCUT2D eigenvalue weighted by Gasteiger charge is -2.32. The number of aryl methyl sites for hydroxylation is 1. The van der Waals surface area contributed by atoms with Crippen molar-refractivity contribution in [1.82, 2.24) is 30.3 Å². The zero-order valence-corrected chi connectivity index (χ0v) is 17.1. The summed E-state index contributed by atoms with van der Waals surface area (Å²) in [6, 6.07) is 0.326. The molecule has 27 heavy (non-hydrogen) atoms. The summed E-state index contributed by atoms with van der Waals surface area (Å²) >= 11 is 0. The van der Waals surface area contributed by atoms with Gasteiger partial charge in [-0.1, -0.05) is 6.92 Å². The maximum absolute atomic E-state index is 5.14. The van der Waals surface area contributed by atoms with Crippen LogP contribution >= 0.6 is 0 Å². The van der Waals surface area contributed by atoms with Crippen LogP contribution in [-0.2, 0) is 24.3 Å². The largest absolute Gasteiger partial charge is 0.377 e. The minimum Gasteiger partial charge on any atom is -0.377 e. The normalized spacial score (nSPS) is 21.9. The SMILES string of the molecule is CCCN1CCC(CNC(=NC)NC2CCc3nc(COC)nn3C2)CC1. The highest BCUT2D eigenvalue weighted by Crippen LogP contribution is 2.17. The van der Waals surface area contributed by atoms with Gasteiger partial charge in [-0.25, -0.2) is 9.67 Å². The van der Waals surface area contributed by atoms with Crippen LogP contribution in [0.4, 0.5) is 0 Å². The Morgan fingerprint density at radius 1 is 1.30 bits per heavy atom. The molecule has 152 valence electrons. The first kappa shape index (κ1) is 20.1. The van der Waals surface area contributed by atoms with E-state index in [-0.39, 0.29) is 0 Å². The van der Waals surface area contributed by atoms with Gasteiger partial charge in [-0.3, -0.25) is 4.99 Å². The van der Waals surface area contributed by atoms with Gasteiger partial charge in [0.2, 0.25) is 0 Å². The second kappa shape index (κ2) is 10.0. The summed E-state index contributed by atoms with van der Waals surface area (Å²) in [6.45, 7) is 8.25. The molecule has 1 fully saturated rings. The molecule has 1 saturated heterocycles. The third kappa shape index (κ3) is 5.65. The van der Waals surface area contributed by atoms with Crippen LogP contribution in [0.2, 0.25) is 0 Å². The number of likely N-dealkylation sites (tertiary alicyclic amines) is 1. The molecule has 3 heterocycles. The molecule has 3 rings (SSSR count). The summed E-state index contributed by atoms with van der Waals surface area (Å²) < 4.78 is 7.14. The van der Waals surface area contributed by atoms with E-state index in [1.165, 1.54) is 38.9 Å². The first-order valence-corrected chi connectivity index (χ1v) is 10.3. The van der Waals surface area contributed by atoms with Crippen LogP contribution in [0, 0.1) is 5.92 Å². The molecule has 8 nitrogen and oxygen atoms in total. The van der Waals surface area contributed by atoms with Crippen LogP contribution in [0.3, 0.4) is 0 Å². The number of aliphatic imine (C=N–C) groups is 1. The van der Waals surface area contributed by atoms with Crippen LogP contribution in [0.1, 0.15) is 44.3 Å². The first-order valence-electron chi connectivity index (χ1n) is 10.3. The van der Waals surface area contributed by atoms with Crippen LogP contribution in [0.5, 0.6) is 0 Å². The fourth-order valence-corrected chi connectivity index (χ4v) is 4.03. The monoisotopic (exact) mass is 377 g/mol. The molecule has 0 amide bonds. The Morgan fingerprint density at radius 3 is 2.81 bits per heavy atom. The third-order valence-electron chi connectivity index (χ3n) is 5.54. The van der Waals surface area contributed by atoms with E-state index < -0.39 is 0 Å². The van der Waals surface area contributed by atoms with Gasteiger partial charge in [-0.15, -0.1) is 0 Å². The highest BCUT2D eigenvalue weighted by Gasteiger charge is 2.23. The molecule has 2 N–H and O–H groups in total. The standard InChI is InChI=1S/C19H35N7O/c1-4-9-25-10-7-15(8-11-25)12-21-19(20-2)22-16-5-6-18-23-17(14-27-3)24-26(18)13-16/h15-16H,4-14H2,1-3H3,(H2,20,21,22). The molecule has 0 saturated carbocycles. The van der Waals surface area contributed by atoms with Crippen LogP contribution in [0.15, 0.2) is 4.99 Å². The molecular formula is C19H35N7O. The first-order chi connectivity index (χ1) is 13.2. The average molecular weight is 378 g/mol. The number of methoxy groups -OCH3 is 1. The fourth-order valence-electron chi connectivity index (χ4n) is 4.03. The highest BCUT2D eigenvalue weighted by atomic mass is 16.5. The Bertz CT molecular complexity index is 607. The number of guanidine groups is 1. The molecule has 0 aliphatic carbocycles. The van der Waals surface area contributed by atoms with Crippen LogP contribution < -0.4 is 10.6 Å². The second-order valence-corrected chi connectivity index (χ2v) is 7.68. The predicted molar refractivity (Wildman–Crippen MR) is 107 cm³/mol. The van der Waals surface area contributed by atoms with Gasteiger partial charge in [0, 0.05) is 33.2 Å². The summed E-state index contributed by atoms with van der Waals surface area (Å²) in [6.07, 6.45) is 5.78. The van der Waals surface area contributed by atoms with E-state index in [1.54, 1.807) is 7.11 Å². The van der Waals surface area contributed by atoms with Crippen molar-refractivity contribution in [1.29, 1.82) is 0 Å². The van der Waals surface area contributed by atoms with E-state index in [1.807, 2.05) is 11.7 Å². The predicted octanol–water partition coefficient (Wildman–Crippen LogP) is 1.03. The summed E-state index contributed by atoms with van der Waals surface area (Å²) in [7, 11) is 3.52. The van der Waals surface area contributed by atoms with E-state index in [4.69, 9.17) is 4.74 Å². The minimum absolute atomic E-state index is 0.326. The molecule has 0 aromatic carbocycles. The molecule has 1 atom stereocenters. The van der Waals surface area contributed by atoms with Crippen molar-refractivity contribution in [2.45, 2.75) is 58.2 Å². The minimum atomic E-state index is 0.326. The van der Waals surface area contributed by atoms with Gasteiger partial charge in [-0.05, 0) is 51.2 Å². The lowest BCUT2D eigenvalue weighted by molar-refractivity contribution is 0.177. The third-order valence-corrected chi connectivity index (χ3v) is 5.54. The zero-order chi connectivity index (χ0) is 19.1. The summed E-state index contributed by atoms with van der Waals surface area (Å²) in [5, 5.41) is 11.6. The Kier molecular flexibility index (Phi) is 7.46. The molecule has 2 aliphatic rings. The van der Waals surface area contributed by atoms with E-state index in [0.717, 1.165) is 49.5 Å². The van der Waals surface area contributed by atoms with Gasteiger partial charge in [0.15, 0.2) is 11.8 Å². The van der Waals surface area contributed by atoms with Gasteiger partial charge in [-0.2, -0.15) is 5.10 Å². The van der Waals surface area contributed by atoms with Gasteiger partial charge >= 0.3 is 0 Å².